The number of rotatable bonds is 7. The lowest BCUT2D eigenvalue weighted by molar-refractivity contribution is 0.0950. The molecule has 0 spiro atoms. The molecule has 0 atom stereocenters. The summed E-state index contributed by atoms with van der Waals surface area (Å²) in [4.78, 5) is 32.9. The molecule has 6 nitrogen and oxygen atoms in total. The third-order valence-electron chi connectivity index (χ3n) is 5.63. The van der Waals surface area contributed by atoms with E-state index in [4.69, 9.17) is 4.98 Å². The van der Waals surface area contributed by atoms with Gasteiger partial charge in [0.2, 0.25) is 5.95 Å². The van der Waals surface area contributed by atoms with E-state index in [9.17, 15) is 18.4 Å². The van der Waals surface area contributed by atoms with Crippen molar-refractivity contribution in [3.8, 4) is 5.69 Å². The zero-order chi connectivity index (χ0) is 24.2. The number of fused-ring (bicyclic) bond motifs is 1. The maximum absolute atomic E-state index is 13.9. The Balaban J connectivity index is 1.73. The molecule has 0 aliphatic rings. The largest absolute Gasteiger partial charge is 0.348 e. The van der Waals surface area contributed by atoms with Gasteiger partial charge in [0.1, 0.15) is 11.6 Å². The van der Waals surface area contributed by atoms with Gasteiger partial charge in [-0.05, 0) is 50.2 Å². The summed E-state index contributed by atoms with van der Waals surface area (Å²) >= 11 is 0. The molecule has 4 aromatic rings. The van der Waals surface area contributed by atoms with Crippen LogP contribution in [0.15, 0.2) is 71.5 Å². The second kappa shape index (κ2) is 9.82. The zero-order valence-corrected chi connectivity index (χ0v) is 18.9. The summed E-state index contributed by atoms with van der Waals surface area (Å²) < 4.78 is 28.6. The van der Waals surface area contributed by atoms with Gasteiger partial charge in [-0.15, -0.1) is 0 Å². The summed E-state index contributed by atoms with van der Waals surface area (Å²) in [5, 5.41) is 3.00. The number of nitrogens with zero attached hydrogens (tertiary/aromatic N) is 3. The summed E-state index contributed by atoms with van der Waals surface area (Å²) in [6, 6.07) is 17.1. The summed E-state index contributed by atoms with van der Waals surface area (Å²) in [5.41, 5.74) is 1.30. The summed E-state index contributed by atoms with van der Waals surface area (Å²) in [6.45, 7) is 5.15. The quantitative estimate of drug-likeness (QED) is 0.441. The highest BCUT2D eigenvalue weighted by atomic mass is 19.1. The van der Waals surface area contributed by atoms with Crippen molar-refractivity contribution in [2.45, 2.75) is 20.4 Å². The number of halogens is 2. The van der Waals surface area contributed by atoms with E-state index in [-0.39, 0.29) is 23.2 Å². The first-order valence-electron chi connectivity index (χ1n) is 11.0. The van der Waals surface area contributed by atoms with Gasteiger partial charge < -0.3 is 10.2 Å². The second-order valence-electron chi connectivity index (χ2n) is 7.71. The minimum absolute atomic E-state index is 0.100. The highest BCUT2D eigenvalue weighted by Gasteiger charge is 2.18. The number of hydrogen-bond acceptors (Lipinski definition) is 4. The fourth-order valence-corrected chi connectivity index (χ4v) is 3.79. The predicted molar refractivity (Wildman–Crippen MR) is 128 cm³/mol. The van der Waals surface area contributed by atoms with Crippen LogP contribution in [-0.4, -0.2) is 28.5 Å². The molecule has 1 amide bonds. The number of amides is 1. The van der Waals surface area contributed by atoms with E-state index in [1.165, 1.54) is 12.1 Å². The molecule has 4 rings (SSSR count). The molecule has 1 N–H and O–H groups in total. The minimum atomic E-state index is -0.731. The average molecular weight is 463 g/mol. The maximum Gasteiger partial charge on any atom is 0.267 e. The van der Waals surface area contributed by atoms with Crippen LogP contribution in [0.1, 0.15) is 29.8 Å². The third-order valence-corrected chi connectivity index (χ3v) is 5.63. The standard InChI is InChI=1S/C26H24F2N4O2/c1-3-31(4-2)26-30-23-14-17(24(33)29-16-18-10-12-19(27)15-22(18)28)11-13-21(23)25(34)32(26)20-8-6-5-7-9-20/h5-15H,3-4,16H2,1-2H3,(H,29,33). The number of benzene rings is 3. The Morgan fingerprint density at radius 2 is 1.74 bits per heavy atom. The molecular formula is C26H24F2N4O2. The molecule has 0 bridgehead atoms. The molecule has 8 heteroatoms. The van der Waals surface area contributed by atoms with E-state index in [0.29, 0.717) is 35.6 Å². The fraction of sp³-hybridized carbons (Fsp3) is 0.192. The van der Waals surface area contributed by atoms with E-state index in [0.717, 1.165) is 12.1 Å². The molecule has 0 saturated carbocycles. The topological polar surface area (TPSA) is 67.2 Å². The molecule has 0 unspecified atom stereocenters. The molecule has 1 heterocycles. The normalized spacial score (nSPS) is 10.9. The molecule has 3 aromatic carbocycles. The van der Waals surface area contributed by atoms with Crippen molar-refractivity contribution in [3.05, 3.63) is 99.8 Å². The Bertz CT molecular complexity index is 1400. The molecular weight excluding hydrogens is 438 g/mol. The van der Waals surface area contributed by atoms with Gasteiger partial charge in [0, 0.05) is 36.8 Å². The van der Waals surface area contributed by atoms with Crippen molar-refractivity contribution >= 4 is 22.8 Å². The average Bonchev–Trinajstić information content (AvgIpc) is 2.84. The molecule has 0 saturated heterocycles. The summed E-state index contributed by atoms with van der Waals surface area (Å²) in [5.74, 6) is -1.38. The van der Waals surface area contributed by atoms with Crippen LogP contribution >= 0.6 is 0 Å². The smallest absolute Gasteiger partial charge is 0.267 e. The van der Waals surface area contributed by atoms with Crippen LogP contribution in [0.3, 0.4) is 0 Å². The monoisotopic (exact) mass is 462 g/mol. The Morgan fingerprint density at radius 1 is 1.00 bits per heavy atom. The number of para-hydroxylation sites is 1. The highest BCUT2D eigenvalue weighted by molar-refractivity contribution is 5.97. The van der Waals surface area contributed by atoms with Crippen LogP contribution in [0.25, 0.3) is 16.6 Å². The summed E-state index contributed by atoms with van der Waals surface area (Å²) in [7, 11) is 0. The van der Waals surface area contributed by atoms with Crippen LogP contribution in [0.5, 0.6) is 0 Å². The van der Waals surface area contributed by atoms with E-state index in [1.54, 1.807) is 16.7 Å². The van der Waals surface area contributed by atoms with Gasteiger partial charge in [-0.1, -0.05) is 24.3 Å². The molecule has 174 valence electrons. The highest BCUT2D eigenvalue weighted by Crippen LogP contribution is 2.20. The molecule has 0 aliphatic heterocycles. The van der Waals surface area contributed by atoms with Gasteiger partial charge in [-0.25, -0.2) is 18.3 Å². The van der Waals surface area contributed by atoms with Gasteiger partial charge in [0.15, 0.2) is 0 Å². The first-order valence-corrected chi connectivity index (χ1v) is 11.0. The third kappa shape index (κ3) is 4.52. The minimum Gasteiger partial charge on any atom is -0.348 e. The predicted octanol–water partition coefficient (Wildman–Crippen LogP) is 4.44. The van der Waals surface area contributed by atoms with Gasteiger partial charge >= 0.3 is 0 Å². The lowest BCUT2D eigenvalue weighted by atomic mass is 10.1. The number of carbonyl (C=O) groups excluding carboxylic acids is 1. The SMILES string of the molecule is CCN(CC)c1nc2cc(C(=O)NCc3ccc(F)cc3F)ccc2c(=O)n1-c1ccccc1. The van der Waals surface area contributed by atoms with Gasteiger partial charge in [-0.3, -0.25) is 9.59 Å². The van der Waals surface area contributed by atoms with Crippen LogP contribution in [-0.2, 0) is 6.54 Å². The molecule has 34 heavy (non-hydrogen) atoms. The Morgan fingerprint density at radius 3 is 2.41 bits per heavy atom. The lowest BCUT2D eigenvalue weighted by Gasteiger charge is -2.24. The Hall–Kier alpha value is -4.07. The number of anilines is 1. The molecule has 0 radical (unpaired) electrons. The van der Waals surface area contributed by atoms with Crippen molar-refractivity contribution in [1.82, 2.24) is 14.9 Å². The molecule has 1 aromatic heterocycles. The van der Waals surface area contributed by atoms with E-state index < -0.39 is 17.5 Å². The fourth-order valence-electron chi connectivity index (χ4n) is 3.79. The van der Waals surface area contributed by atoms with E-state index in [1.807, 2.05) is 49.1 Å². The van der Waals surface area contributed by atoms with Gasteiger partial charge in [-0.2, -0.15) is 0 Å². The Kier molecular flexibility index (Phi) is 6.67. The summed E-state index contributed by atoms with van der Waals surface area (Å²) in [6.07, 6.45) is 0. The maximum atomic E-state index is 13.9. The number of carbonyl (C=O) groups is 1. The Labute approximate surface area is 195 Å². The van der Waals surface area contributed by atoms with E-state index >= 15 is 0 Å². The van der Waals surface area contributed by atoms with Crippen LogP contribution in [0, 0.1) is 11.6 Å². The molecule has 0 fully saturated rings. The van der Waals surface area contributed by atoms with Crippen LogP contribution in [0.2, 0.25) is 0 Å². The number of nitrogens with one attached hydrogen (secondary N) is 1. The van der Waals surface area contributed by atoms with Crippen molar-refractivity contribution < 1.29 is 13.6 Å². The number of aromatic nitrogens is 2. The molecule has 0 aliphatic carbocycles. The van der Waals surface area contributed by atoms with Crippen LogP contribution < -0.4 is 15.8 Å². The lowest BCUT2D eigenvalue weighted by Crippen LogP contribution is -2.32. The van der Waals surface area contributed by atoms with Crippen molar-refractivity contribution in [2.24, 2.45) is 0 Å². The van der Waals surface area contributed by atoms with Crippen molar-refractivity contribution in [2.75, 3.05) is 18.0 Å². The second-order valence-corrected chi connectivity index (χ2v) is 7.71. The van der Waals surface area contributed by atoms with Gasteiger partial charge in [0.25, 0.3) is 11.5 Å². The van der Waals surface area contributed by atoms with Crippen LogP contribution in [0.4, 0.5) is 14.7 Å². The zero-order valence-electron chi connectivity index (χ0n) is 18.9. The first-order chi connectivity index (χ1) is 16.4. The van der Waals surface area contributed by atoms with Crippen molar-refractivity contribution in [1.29, 1.82) is 0 Å². The first kappa shape index (κ1) is 23.1. The van der Waals surface area contributed by atoms with E-state index in [2.05, 4.69) is 5.32 Å². The van der Waals surface area contributed by atoms with Gasteiger partial charge in [0.05, 0.1) is 16.6 Å². The van der Waals surface area contributed by atoms with Crippen molar-refractivity contribution in [3.63, 3.8) is 0 Å². The number of hydrogen-bond donors (Lipinski definition) is 1.